The van der Waals surface area contributed by atoms with Crippen LogP contribution >= 0.6 is 11.3 Å². The van der Waals surface area contributed by atoms with Gasteiger partial charge in [-0.05, 0) is 0 Å². The molecule has 0 amide bonds. The Balaban J connectivity index is 2.99. The Morgan fingerprint density at radius 2 is 2.56 bits per heavy atom. The minimum absolute atomic E-state index is 0.589. The van der Waals surface area contributed by atoms with Gasteiger partial charge in [-0.25, -0.2) is 4.98 Å². The first-order valence-electron chi connectivity index (χ1n) is 2.40. The van der Waals surface area contributed by atoms with Crippen molar-refractivity contribution in [2.45, 2.75) is 0 Å². The van der Waals surface area contributed by atoms with Crippen LogP contribution in [0.1, 0.15) is 0 Å². The number of nitrogen functional groups attached to an aromatic ring is 1. The molecule has 0 bridgehead atoms. The van der Waals surface area contributed by atoms with Gasteiger partial charge in [0.15, 0.2) is 0 Å². The smallest absolute Gasteiger partial charge is 0.213 e. The van der Waals surface area contributed by atoms with Crippen molar-refractivity contribution in [3.8, 4) is 0 Å². The van der Waals surface area contributed by atoms with Crippen molar-refractivity contribution in [3.05, 3.63) is 11.7 Å². The molecule has 4 nitrogen and oxygen atoms in total. The number of nitrogens with two attached hydrogens (primary N) is 1. The van der Waals surface area contributed by atoms with E-state index in [1.807, 2.05) is 0 Å². The lowest BCUT2D eigenvalue weighted by Crippen LogP contribution is -1.90. The highest BCUT2D eigenvalue weighted by atomic mass is 32.1. The third-order valence-corrected chi connectivity index (χ3v) is 1.74. The topological polar surface area (TPSA) is 56.2 Å². The van der Waals surface area contributed by atoms with E-state index in [1.165, 1.54) is 11.3 Å². The highest BCUT2D eigenvalue weighted by molar-refractivity contribution is 7.14. The van der Waals surface area contributed by atoms with Crippen LogP contribution < -0.4 is 5.73 Å². The molecule has 0 aliphatic rings. The van der Waals surface area contributed by atoms with E-state index in [4.69, 9.17) is 5.73 Å². The summed E-state index contributed by atoms with van der Waals surface area (Å²) in [6.45, 7) is 0. The summed E-state index contributed by atoms with van der Waals surface area (Å²) in [7, 11) is 0. The quantitative estimate of drug-likeness (QED) is 0.575. The van der Waals surface area contributed by atoms with Crippen molar-refractivity contribution >= 4 is 22.1 Å². The molecule has 0 radical (unpaired) electrons. The average molecular weight is 140 g/mol. The predicted molar refractivity (Wildman–Crippen MR) is 35.3 cm³/mol. The molecule has 0 saturated heterocycles. The molecule has 2 heterocycles. The molecular formula is C4H4N4S. The third-order valence-electron chi connectivity index (χ3n) is 1.05. The van der Waals surface area contributed by atoms with Gasteiger partial charge in [-0.15, -0.1) is 0 Å². The molecule has 2 aromatic heterocycles. The summed E-state index contributed by atoms with van der Waals surface area (Å²) in [4.78, 5) is 4.81. The van der Waals surface area contributed by atoms with E-state index in [2.05, 4.69) is 10.1 Å². The fraction of sp³-hybridized carbons (Fsp3) is 0. The molecule has 5 heteroatoms. The van der Waals surface area contributed by atoms with E-state index >= 15 is 0 Å². The molecule has 0 unspecified atom stereocenters. The number of hydrogen-bond donors (Lipinski definition) is 1. The Bertz CT molecular complexity index is 322. The summed E-state index contributed by atoms with van der Waals surface area (Å²) in [5.74, 6) is 0.589. The largest absolute Gasteiger partial charge is 0.382 e. The van der Waals surface area contributed by atoms with Crippen molar-refractivity contribution in [3.63, 3.8) is 0 Å². The summed E-state index contributed by atoms with van der Waals surface area (Å²) in [5.41, 5.74) is 7.17. The van der Waals surface area contributed by atoms with Crippen molar-refractivity contribution in [1.29, 1.82) is 0 Å². The van der Waals surface area contributed by atoms with Gasteiger partial charge in [-0.3, -0.25) is 0 Å². The van der Waals surface area contributed by atoms with Gasteiger partial charge in [-0.2, -0.15) is 9.61 Å². The zero-order valence-corrected chi connectivity index (χ0v) is 5.30. The maximum absolute atomic E-state index is 5.47. The van der Waals surface area contributed by atoms with Crippen LogP contribution in [0.5, 0.6) is 0 Å². The second-order valence-electron chi connectivity index (χ2n) is 1.62. The van der Waals surface area contributed by atoms with Gasteiger partial charge in [0.2, 0.25) is 4.96 Å². The lowest BCUT2D eigenvalue weighted by atomic mass is 10.8. The third kappa shape index (κ3) is 0.517. The summed E-state index contributed by atoms with van der Waals surface area (Å²) in [5, 5.41) is 3.93. The van der Waals surface area contributed by atoms with Crippen molar-refractivity contribution in [2.24, 2.45) is 0 Å². The van der Waals surface area contributed by atoms with Gasteiger partial charge < -0.3 is 5.73 Å². The van der Waals surface area contributed by atoms with Crippen LogP contribution in [0.15, 0.2) is 11.7 Å². The second-order valence-corrected chi connectivity index (χ2v) is 2.43. The van der Waals surface area contributed by atoms with Crippen molar-refractivity contribution in [1.82, 2.24) is 14.6 Å². The van der Waals surface area contributed by atoms with E-state index in [0.717, 1.165) is 4.96 Å². The molecule has 0 aromatic carbocycles. The monoisotopic (exact) mass is 140 g/mol. The van der Waals surface area contributed by atoms with E-state index in [9.17, 15) is 0 Å². The number of fused-ring (bicyclic) bond motifs is 1. The number of imidazole rings is 1. The van der Waals surface area contributed by atoms with Gasteiger partial charge in [0.1, 0.15) is 11.3 Å². The minimum Gasteiger partial charge on any atom is -0.382 e. The first-order chi connectivity index (χ1) is 4.38. The summed E-state index contributed by atoms with van der Waals surface area (Å²) in [6.07, 6.45) is 1.60. The maximum Gasteiger partial charge on any atom is 0.213 e. The normalized spacial score (nSPS) is 10.7. The number of anilines is 1. The van der Waals surface area contributed by atoms with E-state index in [0.29, 0.717) is 5.82 Å². The Kier molecular flexibility index (Phi) is 0.762. The lowest BCUT2D eigenvalue weighted by Gasteiger charge is -1.80. The van der Waals surface area contributed by atoms with Crippen molar-refractivity contribution < 1.29 is 0 Å². The summed E-state index contributed by atoms with van der Waals surface area (Å²) in [6, 6.07) is 0. The molecular weight excluding hydrogens is 136 g/mol. The zero-order valence-electron chi connectivity index (χ0n) is 4.48. The molecule has 2 N–H and O–H groups in total. The zero-order chi connectivity index (χ0) is 6.27. The molecule has 0 fully saturated rings. The highest BCUT2D eigenvalue weighted by Gasteiger charge is 1.98. The van der Waals surface area contributed by atoms with Gasteiger partial charge >= 0.3 is 0 Å². The Morgan fingerprint density at radius 1 is 1.67 bits per heavy atom. The lowest BCUT2D eigenvalue weighted by molar-refractivity contribution is 0.984. The maximum atomic E-state index is 5.47. The fourth-order valence-corrected chi connectivity index (χ4v) is 1.26. The highest BCUT2D eigenvalue weighted by Crippen LogP contribution is 2.09. The van der Waals surface area contributed by atoms with Crippen molar-refractivity contribution in [2.75, 3.05) is 5.73 Å². The van der Waals surface area contributed by atoms with Crippen LogP contribution in [0.3, 0.4) is 0 Å². The number of aromatic nitrogens is 3. The number of hydrogen-bond acceptors (Lipinski definition) is 4. The molecule has 0 spiro atoms. The Hall–Kier alpha value is -1.10. The standard InChI is InChI=1S/C4H4N4S/c5-3-1-6-4-8(3)7-2-9-4/h1-2H,5H2. The molecule has 2 rings (SSSR count). The Labute approximate surface area is 54.9 Å². The van der Waals surface area contributed by atoms with Crippen LogP contribution in [0.25, 0.3) is 4.96 Å². The first kappa shape index (κ1) is 4.75. The van der Waals surface area contributed by atoms with Gasteiger partial charge in [0, 0.05) is 0 Å². The molecule has 0 saturated carbocycles. The van der Waals surface area contributed by atoms with Gasteiger partial charge in [0.05, 0.1) is 6.20 Å². The summed E-state index contributed by atoms with van der Waals surface area (Å²) < 4.78 is 1.60. The average Bonchev–Trinajstić information content (AvgIpc) is 2.35. The number of rotatable bonds is 0. The van der Waals surface area contributed by atoms with E-state index < -0.39 is 0 Å². The van der Waals surface area contributed by atoms with Crippen LogP contribution in [-0.2, 0) is 0 Å². The molecule has 0 aliphatic heterocycles. The number of nitrogens with zero attached hydrogens (tertiary/aromatic N) is 3. The molecule has 0 atom stereocenters. The SMILES string of the molecule is Nc1cnc2scnn12. The van der Waals surface area contributed by atoms with Gasteiger partial charge in [-0.1, -0.05) is 11.3 Å². The summed E-state index contributed by atoms with van der Waals surface area (Å²) >= 11 is 1.47. The second kappa shape index (κ2) is 1.44. The van der Waals surface area contributed by atoms with Crippen LogP contribution in [-0.4, -0.2) is 14.6 Å². The van der Waals surface area contributed by atoms with Crippen LogP contribution in [0, 0.1) is 0 Å². The molecule has 9 heavy (non-hydrogen) atoms. The van der Waals surface area contributed by atoms with Crippen LogP contribution in [0.4, 0.5) is 5.82 Å². The molecule has 0 aliphatic carbocycles. The van der Waals surface area contributed by atoms with E-state index in [-0.39, 0.29) is 0 Å². The first-order valence-corrected chi connectivity index (χ1v) is 3.28. The van der Waals surface area contributed by atoms with Gasteiger partial charge in [0.25, 0.3) is 0 Å². The minimum atomic E-state index is 0.589. The van der Waals surface area contributed by atoms with Crippen LogP contribution in [0.2, 0.25) is 0 Å². The van der Waals surface area contributed by atoms with E-state index in [1.54, 1.807) is 16.2 Å². The predicted octanol–water partition coefficient (Wildman–Crippen LogP) is 0.373. The fourth-order valence-electron chi connectivity index (χ4n) is 0.655. The Morgan fingerprint density at radius 3 is 3.33 bits per heavy atom. The molecule has 2 aromatic rings. The molecule has 46 valence electrons.